The third-order valence-corrected chi connectivity index (χ3v) is 2.85. The van der Waals surface area contributed by atoms with E-state index >= 15 is 0 Å². The lowest BCUT2D eigenvalue weighted by Gasteiger charge is -2.05. The van der Waals surface area contributed by atoms with Crippen molar-refractivity contribution in [3.05, 3.63) is 59.9 Å². The lowest BCUT2D eigenvalue weighted by molar-refractivity contribution is 0.517. The van der Waals surface area contributed by atoms with E-state index in [9.17, 15) is 13.2 Å². The average Bonchev–Trinajstić information content (AvgIpc) is 2.33. The van der Waals surface area contributed by atoms with Gasteiger partial charge >= 0.3 is 0 Å². The van der Waals surface area contributed by atoms with E-state index in [0.717, 1.165) is 6.07 Å². The molecule has 84 valence electrons. The van der Waals surface area contributed by atoms with Crippen molar-refractivity contribution in [2.24, 2.45) is 0 Å². The minimum absolute atomic E-state index is 0.197. The Labute approximate surface area is 95.3 Å². The first-order chi connectivity index (χ1) is 8.16. The minimum atomic E-state index is -0.894. The van der Waals surface area contributed by atoms with Crippen LogP contribution in [-0.2, 0) is 0 Å². The monoisotopic (exact) mass is 232 g/mol. The van der Waals surface area contributed by atoms with Crippen molar-refractivity contribution in [3.8, 4) is 0 Å². The van der Waals surface area contributed by atoms with Gasteiger partial charge in [-0.05, 0) is 34.4 Å². The summed E-state index contributed by atoms with van der Waals surface area (Å²) in [5.74, 6) is -2.18. The second kappa shape index (κ2) is 3.48. The Kier molecular flexibility index (Phi) is 2.08. The van der Waals surface area contributed by atoms with Gasteiger partial charge in [0.25, 0.3) is 0 Å². The molecule has 0 atom stereocenters. The summed E-state index contributed by atoms with van der Waals surface area (Å²) in [6.07, 6.45) is 0. The van der Waals surface area contributed by atoms with Crippen LogP contribution in [0.4, 0.5) is 13.2 Å². The molecule has 0 saturated carbocycles. The third-order valence-electron chi connectivity index (χ3n) is 2.85. The van der Waals surface area contributed by atoms with Gasteiger partial charge in [0.05, 0.1) is 0 Å². The van der Waals surface area contributed by atoms with Gasteiger partial charge in [0.2, 0.25) is 0 Å². The van der Waals surface area contributed by atoms with Gasteiger partial charge in [-0.2, -0.15) is 0 Å². The molecular weight excluding hydrogens is 225 g/mol. The van der Waals surface area contributed by atoms with Crippen LogP contribution in [0.15, 0.2) is 42.5 Å². The van der Waals surface area contributed by atoms with E-state index < -0.39 is 17.5 Å². The van der Waals surface area contributed by atoms with Crippen LogP contribution in [0.3, 0.4) is 0 Å². The van der Waals surface area contributed by atoms with Gasteiger partial charge in [-0.3, -0.25) is 0 Å². The number of hydrogen-bond acceptors (Lipinski definition) is 0. The molecule has 0 spiro atoms. The summed E-state index contributed by atoms with van der Waals surface area (Å²) in [5.41, 5.74) is 0. The zero-order valence-electron chi connectivity index (χ0n) is 8.68. The molecule has 0 aliphatic carbocycles. The molecule has 3 heteroatoms. The standard InChI is InChI=1S/C14H7F3/c15-10-4-5-11-9(7-10)2-1-8-3-6-12(16)14(17)13(8)11/h1-7H. The summed E-state index contributed by atoms with van der Waals surface area (Å²) in [7, 11) is 0. The highest BCUT2D eigenvalue weighted by molar-refractivity contribution is 6.07. The molecule has 0 saturated heterocycles. The Morgan fingerprint density at radius 3 is 2.24 bits per heavy atom. The second-order valence-electron chi connectivity index (χ2n) is 3.89. The van der Waals surface area contributed by atoms with Crippen molar-refractivity contribution in [1.29, 1.82) is 0 Å². The molecule has 0 amide bonds. The summed E-state index contributed by atoms with van der Waals surface area (Å²) in [6, 6.07) is 9.96. The number of benzene rings is 3. The summed E-state index contributed by atoms with van der Waals surface area (Å²) in [5, 5.41) is 1.87. The topological polar surface area (TPSA) is 0 Å². The highest BCUT2D eigenvalue weighted by Gasteiger charge is 2.10. The van der Waals surface area contributed by atoms with Crippen molar-refractivity contribution in [1.82, 2.24) is 0 Å². The molecular formula is C14H7F3. The van der Waals surface area contributed by atoms with Crippen LogP contribution in [0.1, 0.15) is 0 Å². The average molecular weight is 232 g/mol. The molecule has 0 unspecified atom stereocenters. The van der Waals surface area contributed by atoms with Crippen LogP contribution in [-0.4, -0.2) is 0 Å². The Hall–Kier alpha value is -2.03. The molecule has 0 nitrogen and oxygen atoms in total. The molecule has 3 aromatic rings. The van der Waals surface area contributed by atoms with E-state index in [4.69, 9.17) is 0 Å². The first-order valence-electron chi connectivity index (χ1n) is 5.13. The molecule has 0 heterocycles. The quantitative estimate of drug-likeness (QED) is 0.503. The normalized spacial score (nSPS) is 11.2. The van der Waals surface area contributed by atoms with Gasteiger partial charge in [0, 0.05) is 5.39 Å². The van der Waals surface area contributed by atoms with Crippen LogP contribution in [0.25, 0.3) is 21.5 Å². The van der Waals surface area contributed by atoms with Crippen LogP contribution in [0.5, 0.6) is 0 Å². The zero-order chi connectivity index (χ0) is 12.0. The SMILES string of the molecule is Fc1ccc2c(ccc3ccc(F)c(F)c32)c1. The lowest BCUT2D eigenvalue weighted by Crippen LogP contribution is -1.88. The largest absolute Gasteiger partial charge is 0.207 e. The van der Waals surface area contributed by atoms with E-state index in [1.54, 1.807) is 12.1 Å². The van der Waals surface area contributed by atoms with Crippen LogP contribution in [0.2, 0.25) is 0 Å². The van der Waals surface area contributed by atoms with E-state index in [1.165, 1.54) is 24.3 Å². The fourth-order valence-corrected chi connectivity index (χ4v) is 2.06. The second-order valence-corrected chi connectivity index (χ2v) is 3.89. The van der Waals surface area contributed by atoms with Crippen molar-refractivity contribution in [3.63, 3.8) is 0 Å². The number of halogens is 3. The first-order valence-corrected chi connectivity index (χ1v) is 5.13. The molecule has 0 aromatic heterocycles. The first kappa shape index (κ1) is 10.1. The molecule has 0 radical (unpaired) electrons. The molecule has 0 aliphatic rings. The molecule has 0 aliphatic heterocycles. The Bertz CT molecular complexity index is 732. The maximum atomic E-state index is 13.8. The van der Waals surface area contributed by atoms with Gasteiger partial charge in [-0.25, -0.2) is 13.2 Å². The van der Waals surface area contributed by atoms with Crippen molar-refractivity contribution < 1.29 is 13.2 Å². The molecule has 0 fully saturated rings. The molecule has 17 heavy (non-hydrogen) atoms. The minimum Gasteiger partial charge on any atom is -0.207 e. The highest BCUT2D eigenvalue weighted by Crippen LogP contribution is 2.29. The number of fused-ring (bicyclic) bond motifs is 3. The van der Waals surface area contributed by atoms with Crippen molar-refractivity contribution >= 4 is 21.5 Å². The predicted octanol–water partition coefficient (Wildman–Crippen LogP) is 4.41. The fraction of sp³-hybridized carbons (Fsp3) is 0. The predicted molar refractivity (Wildman–Crippen MR) is 61.3 cm³/mol. The molecule has 0 bridgehead atoms. The highest BCUT2D eigenvalue weighted by atomic mass is 19.2. The van der Waals surface area contributed by atoms with E-state index in [1.807, 2.05) is 0 Å². The van der Waals surface area contributed by atoms with Crippen LogP contribution < -0.4 is 0 Å². The van der Waals surface area contributed by atoms with Crippen molar-refractivity contribution in [2.75, 3.05) is 0 Å². The van der Waals surface area contributed by atoms with E-state index in [-0.39, 0.29) is 5.39 Å². The maximum absolute atomic E-state index is 13.8. The zero-order valence-corrected chi connectivity index (χ0v) is 8.68. The maximum Gasteiger partial charge on any atom is 0.167 e. The van der Waals surface area contributed by atoms with Crippen LogP contribution in [0, 0.1) is 17.5 Å². The number of hydrogen-bond donors (Lipinski definition) is 0. The molecule has 3 aromatic carbocycles. The van der Waals surface area contributed by atoms with Gasteiger partial charge in [-0.15, -0.1) is 0 Å². The third kappa shape index (κ3) is 1.46. The fourth-order valence-electron chi connectivity index (χ4n) is 2.06. The molecule has 3 rings (SSSR count). The van der Waals surface area contributed by atoms with Gasteiger partial charge in [-0.1, -0.05) is 24.3 Å². The number of rotatable bonds is 0. The smallest absolute Gasteiger partial charge is 0.167 e. The van der Waals surface area contributed by atoms with Crippen LogP contribution >= 0.6 is 0 Å². The summed E-state index contributed by atoms with van der Waals surface area (Å²) in [4.78, 5) is 0. The van der Waals surface area contributed by atoms with Gasteiger partial charge < -0.3 is 0 Å². The molecule has 0 N–H and O–H groups in total. The summed E-state index contributed by atoms with van der Waals surface area (Å²) in [6.45, 7) is 0. The van der Waals surface area contributed by atoms with Gasteiger partial charge in [0.15, 0.2) is 11.6 Å². The van der Waals surface area contributed by atoms with Crippen molar-refractivity contribution in [2.45, 2.75) is 0 Å². The summed E-state index contributed by atoms with van der Waals surface area (Å²) < 4.78 is 40.0. The Morgan fingerprint density at radius 1 is 0.706 bits per heavy atom. The lowest BCUT2D eigenvalue weighted by atomic mass is 10.0. The van der Waals surface area contributed by atoms with Gasteiger partial charge in [0.1, 0.15) is 5.82 Å². The summed E-state index contributed by atoms with van der Waals surface area (Å²) >= 11 is 0. The van der Waals surface area contributed by atoms with E-state index in [2.05, 4.69) is 0 Å². The Morgan fingerprint density at radius 2 is 1.41 bits per heavy atom. The van der Waals surface area contributed by atoms with E-state index in [0.29, 0.717) is 16.2 Å². The Balaban J connectivity index is 2.58.